The van der Waals surface area contributed by atoms with Crippen LogP contribution in [0.5, 0.6) is 0 Å². The summed E-state index contributed by atoms with van der Waals surface area (Å²) >= 11 is 0. The topological polar surface area (TPSA) is 288 Å². The lowest BCUT2D eigenvalue weighted by molar-refractivity contribution is -0.442. The highest BCUT2D eigenvalue weighted by Gasteiger charge is 2.49. The Bertz CT molecular complexity index is 2640. The van der Waals surface area contributed by atoms with Crippen molar-refractivity contribution in [2.45, 2.75) is 73.0 Å². The van der Waals surface area contributed by atoms with Crippen LogP contribution in [0, 0.1) is 0 Å². The van der Waals surface area contributed by atoms with Gasteiger partial charge in [-0.2, -0.15) is 29.8 Å². The van der Waals surface area contributed by atoms with Crippen LogP contribution in [-0.4, -0.2) is 171 Å². The van der Waals surface area contributed by atoms with Gasteiger partial charge in [0.1, 0.15) is 6.61 Å². The molecule has 2 unspecified atom stereocenters. The summed E-state index contributed by atoms with van der Waals surface area (Å²) in [6.45, 7) is 6.42. The molecule has 0 bridgehead atoms. The van der Waals surface area contributed by atoms with E-state index >= 15 is 0 Å². The molecule has 25 heteroatoms. The van der Waals surface area contributed by atoms with Gasteiger partial charge in [0.2, 0.25) is 5.69 Å². The lowest BCUT2D eigenvalue weighted by Gasteiger charge is -2.30. The third kappa shape index (κ3) is 14.6. The van der Waals surface area contributed by atoms with Gasteiger partial charge in [0.15, 0.2) is 12.3 Å². The first-order chi connectivity index (χ1) is 33.0. The van der Waals surface area contributed by atoms with E-state index in [1.165, 1.54) is 31.4 Å². The minimum Gasteiger partial charge on any atom is -0.385 e. The highest BCUT2D eigenvalue weighted by molar-refractivity contribution is 7.86. The molecular weight excluding hydrogens is 983 g/mol. The molecule has 3 aliphatic rings. The van der Waals surface area contributed by atoms with Crippen LogP contribution in [0.4, 0.5) is 11.4 Å². The van der Waals surface area contributed by atoms with Crippen LogP contribution in [0.1, 0.15) is 63.5 Å². The first kappa shape index (κ1) is 56.4. The number of ether oxygens (including phenoxy) is 6. The lowest BCUT2D eigenvalue weighted by atomic mass is 9.75. The van der Waals surface area contributed by atoms with Crippen LogP contribution in [0.25, 0.3) is 0 Å². The summed E-state index contributed by atoms with van der Waals surface area (Å²) in [5.41, 5.74) is 1.26. The van der Waals surface area contributed by atoms with E-state index in [4.69, 9.17) is 33.3 Å². The largest absolute Gasteiger partial charge is 0.385 e. The van der Waals surface area contributed by atoms with Crippen molar-refractivity contribution in [1.82, 2.24) is 5.06 Å². The molecule has 3 heterocycles. The number of anilines is 1. The van der Waals surface area contributed by atoms with Gasteiger partial charge in [0.25, 0.3) is 42.2 Å². The van der Waals surface area contributed by atoms with Crippen molar-refractivity contribution < 1.29 is 91.1 Å². The Morgan fingerprint density at radius 1 is 0.714 bits per heavy atom. The van der Waals surface area contributed by atoms with Gasteiger partial charge in [-0.25, -0.2) is 4.79 Å². The molecule has 2 amide bonds. The van der Waals surface area contributed by atoms with Crippen molar-refractivity contribution in [2.75, 3.05) is 104 Å². The predicted octanol–water partition coefficient (Wildman–Crippen LogP) is 3.17. The van der Waals surface area contributed by atoms with Gasteiger partial charge in [-0.1, -0.05) is 6.08 Å². The van der Waals surface area contributed by atoms with Crippen LogP contribution < -0.4 is 4.90 Å². The van der Waals surface area contributed by atoms with Crippen LogP contribution in [0.15, 0.2) is 70.1 Å². The number of hydrogen-bond acceptors (Lipinski definition) is 17. The van der Waals surface area contributed by atoms with Crippen molar-refractivity contribution in [3.63, 3.8) is 0 Å². The quantitative estimate of drug-likeness (QED) is 0.0438. The fourth-order valence-corrected chi connectivity index (χ4v) is 10.1. The number of carbonyl (C=O) groups excluding carboxylic acids is 3. The number of imide groups is 1. The maximum Gasteiger partial charge on any atom is 0.335 e. The number of nitrogens with zero attached hydrogens (tertiary/aromatic N) is 3. The van der Waals surface area contributed by atoms with Crippen molar-refractivity contribution >= 4 is 65.2 Å². The van der Waals surface area contributed by atoms with Gasteiger partial charge in [-0.15, -0.1) is 5.06 Å². The average Bonchev–Trinajstić information content (AvgIpc) is 3.82. The minimum absolute atomic E-state index is 0.0192. The molecule has 3 aliphatic heterocycles. The molecule has 22 nitrogen and oxygen atoms in total. The molecule has 1 saturated heterocycles. The number of allylic oxidation sites excluding steroid dienone is 4. The van der Waals surface area contributed by atoms with Crippen LogP contribution >= 0.6 is 0 Å². The summed E-state index contributed by atoms with van der Waals surface area (Å²) in [5.74, 6) is -2.67. The number of hydrogen-bond donors (Lipinski definition) is 3. The van der Waals surface area contributed by atoms with E-state index < -0.39 is 64.7 Å². The van der Waals surface area contributed by atoms with Gasteiger partial charge < -0.3 is 38.2 Å². The fourth-order valence-electron chi connectivity index (χ4n) is 8.60. The van der Waals surface area contributed by atoms with Crippen LogP contribution in [0.2, 0.25) is 0 Å². The number of hydroxylamine groups is 2. The van der Waals surface area contributed by atoms with Crippen molar-refractivity contribution in [1.29, 1.82) is 0 Å². The Balaban J connectivity index is 1.50. The number of fused-ring (bicyclic) bond motifs is 2. The Hall–Kier alpha value is -4.51. The summed E-state index contributed by atoms with van der Waals surface area (Å²) in [6.07, 6.45) is 5.30. The molecule has 0 spiro atoms. The van der Waals surface area contributed by atoms with Crippen LogP contribution in [0.3, 0.4) is 0 Å². The fraction of sp³-hybridized carbons (Fsp3) is 0.556. The molecule has 0 saturated carbocycles. The lowest BCUT2D eigenvalue weighted by Crippen LogP contribution is -2.33. The van der Waals surface area contributed by atoms with Gasteiger partial charge in [0.05, 0.1) is 80.2 Å². The second-order valence-electron chi connectivity index (χ2n) is 16.9. The zero-order chi connectivity index (χ0) is 51.3. The molecule has 0 aliphatic carbocycles. The second kappa shape index (κ2) is 24.7. The van der Waals surface area contributed by atoms with E-state index in [1.807, 2.05) is 16.4 Å². The van der Waals surface area contributed by atoms with Gasteiger partial charge >= 0.3 is 5.97 Å². The van der Waals surface area contributed by atoms with Crippen LogP contribution in [-0.2, 0) is 88.8 Å². The Morgan fingerprint density at radius 3 is 1.89 bits per heavy atom. The van der Waals surface area contributed by atoms with Crippen molar-refractivity contribution in [2.24, 2.45) is 0 Å². The molecular formula is C45H62N3O19S3+. The van der Waals surface area contributed by atoms with Gasteiger partial charge in [-0.3, -0.25) is 23.2 Å². The number of carbonyl (C=O) groups is 3. The standard InChI is InChI=1S/C45H61N3O19S3/c1-44(16-6-30-68(52,53)54)35-31-33(69(55,56)57)9-11-37(35)46(19-23-64-26-27-66-29-28-65-25-24-62-4)39(44)7-5-8-40-45(2,17-21-61-3)36-32-34(70(58,59)60)10-12-38(36)47(40)18-22-63-20-15-43(51)67-48-41(49)13-14-42(48)50/h5,7-12,31-32H,6,13-30H2,1-4H3,(H2-,52,53,54,55,56,57,58,59,60)/p+1. The third-order valence-corrected chi connectivity index (χ3v) is 14.7. The molecule has 2 atom stereocenters. The third-order valence-electron chi connectivity index (χ3n) is 12.2. The maximum absolute atomic E-state index is 12.5. The molecule has 1 fully saturated rings. The Kier molecular flexibility index (Phi) is 19.9. The van der Waals surface area contributed by atoms with Crippen molar-refractivity contribution in [3.8, 4) is 0 Å². The first-order valence-corrected chi connectivity index (χ1v) is 26.9. The van der Waals surface area contributed by atoms with E-state index in [9.17, 15) is 53.3 Å². The molecule has 2 aromatic carbocycles. The zero-order valence-electron chi connectivity index (χ0n) is 39.6. The molecule has 3 N–H and O–H groups in total. The molecule has 5 rings (SSSR count). The average molecular weight is 1050 g/mol. The summed E-state index contributed by atoms with van der Waals surface area (Å²) < 4.78 is 139. The van der Waals surface area contributed by atoms with E-state index in [0.717, 1.165) is 0 Å². The minimum atomic E-state index is -4.68. The Labute approximate surface area is 408 Å². The normalized spacial score (nSPS) is 20.1. The Morgan fingerprint density at radius 2 is 1.29 bits per heavy atom. The highest BCUT2D eigenvalue weighted by Crippen LogP contribution is 2.51. The number of benzene rings is 2. The van der Waals surface area contributed by atoms with E-state index in [0.29, 0.717) is 71.8 Å². The van der Waals surface area contributed by atoms with Crippen molar-refractivity contribution in [3.05, 3.63) is 71.5 Å². The van der Waals surface area contributed by atoms with Gasteiger partial charge in [0, 0.05) is 74.7 Å². The molecule has 2 aromatic rings. The number of rotatable bonds is 30. The molecule has 0 aromatic heterocycles. The summed E-state index contributed by atoms with van der Waals surface area (Å²) in [6, 6.07) is 8.35. The highest BCUT2D eigenvalue weighted by atomic mass is 32.2. The predicted molar refractivity (Wildman–Crippen MR) is 251 cm³/mol. The monoisotopic (exact) mass is 1040 g/mol. The summed E-state index contributed by atoms with van der Waals surface area (Å²) in [5, 5.41) is 0.451. The van der Waals surface area contributed by atoms with Gasteiger partial charge in [-0.05, 0) is 75.1 Å². The zero-order valence-corrected chi connectivity index (χ0v) is 42.0. The SMILES string of the molecule is COCCOCCOCCOCC[N+]1=C(/C=C/C=C2/N(CCOCCC(=O)ON3C(=O)CCC3=O)c3ccc(S(=O)(=O)O)cc3C2(C)CCOC)C(C)(CCCS(=O)(=O)O)c2cc(S(=O)(=O)O)ccc21. The number of amides is 2. The smallest absolute Gasteiger partial charge is 0.335 e. The van der Waals surface area contributed by atoms with E-state index in [-0.39, 0.29) is 94.6 Å². The number of methoxy groups -OCH3 is 2. The molecule has 0 radical (unpaired) electrons. The second-order valence-corrected chi connectivity index (χ2v) is 21.4. The van der Waals surface area contributed by atoms with E-state index in [2.05, 4.69) is 0 Å². The molecule has 388 valence electrons. The summed E-state index contributed by atoms with van der Waals surface area (Å²) in [7, 11) is -10.6. The van der Waals surface area contributed by atoms with E-state index in [1.54, 1.807) is 44.4 Å². The maximum atomic E-state index is 12.5. The first-order valence-electron chi connectivity index (χ1n) is 22.4. The summed E-state index contributed by atoms with van der Waals surface area (Å²) in [4.78, 5) is 42.4. The molecule has 70 heavy (non-hydrogen) atoms.